The first kappa shape index (κ1) is 32.5. The standard InChI is InChI=1S/C22H16N4O14S4.2H2/c27-21-18-11(9-16(43(35,36)37)19(21)25-23-12-5-1-3-7-14(12)41(29,30)31)10-17(44(38,39)40)20(22(18)28)26-24-13-6-2-4-8-15(13)42(32,33)34;;/h1-10,27-28H,(H,29,30,31)(H,32,33,34)(H,35,36,37)(H,38,39,40);2*1H/p-1. The van der Waals surface area contributed by atoms with Gasteiger partial charge in [-0.05, 0) is 41.8 Å². The van der Waals surface area contributed by atoms with E-state index < -0.39 is 105 Å². The maximum atomic E-state index is 12.2. The van der Waals surface area contributed by atoms with Crippen LogP contribution in [0, 0.1) is 0 Å². The van der Waals surface area contributed by atoms with E-state index in [1.165, 1.54) is 24.3 Å². The number of nitrogens with zero attached hydrogens (tertiary/aromatic N) is 4. The molecule has 0 saturated heterocycles. The number of benzene rings is 4. The molecular formula is C22H19N4O14S4-. The first-order valence-corrected chi connectivity index (χ1v) is 16.9. The number of azo groups is 2. The van der Waals surface area contributed by atoms with Gasteiger partial charge in [0.25, 0.3) is 30.4 Å². The number of hydrogen-bond acceptors (Lipinski definition) is 15. The van der Waals surface area contributed by atoms with E-state index in [2.05, 4.69) is 20.5 Å². The highest BCUT2D eigenvalue weighted by atomic mass is 32.2. The molecule has 0 aliphatic rings. The normalized spacial score (nSPS) is 13.3. The van der Waals surface area contributed by atoms with Crippen molar-refractivity contribution < 1.29 is 64.9 Å². The molecule has 0 aliphatic heterocycles. The summed E-state index contributed by atoms with van der Waals surface area (Å²) in [4.78, 5) is -4.18. The third-order valence-electron chi connectivity index (χ3n) is 5.60. The Morgan fingerprint density at radius 2 is 0.909 bits per heavy atom. The van der Waals surface area contributed by atoms with Gasteiger partial charge in [-0.25, -0.2) is 8.42 Å². The smallest absolute Gasteiger partial charge is 0.296 e. The van der Waals surface area contributed by atoms with Gasteiger partial charge in [0.1, 0.15) is 47.6 Å². The van der Waals surface area contributed by atoms with E-state index in [-0.39, 0.29) is 2.85 Å². The molecule has 4 aromatic carbocycles. The quantitative estimate of drug-likeness (QED) is 0.128. The molecule has 236 valence electrons. The van der Waals surface area contributed by atoms with E-state index in [4.69, 9.17) is 0 Å². The molecule has 0 aliphatic carbocycles. The van der Waals surface area contributed by atoms with E-state index >= 15 is 0 Å². The molecule has 0 atom stereocenters. The minimum absolute atomic E-state index is 0. The Bertz CT molecular complexity index is 2210. The van der Waals surface area contributed by atoms with Crippen molar-refractivity contribution in [2.24, 2.45) is 20.5 Å². The molecule has 4 aromatic rings. The fraction of sp³-hybridized carbons (Fsp3) is 0. The van der Waals surface area contributed by atoms with E-state index in [1.807, 2.05) is 0 Å². The van der Waals surface area contributed by atoms with Gasteiger partial charge in [0.15, 0.2) is 11.5 Å². The summed E-state index contributed by atoms with van der Waals surface area (Å²) in [5.74, 6) is -2.65. The van der Waals surface area contributed by atoms with E-state index in [0.717, 1.165) is 24.3 Å². The molecule has 0 saturated carbocycles. The molecule has 0 fully saturated rings. The first-order valence-electron chi connectivity index (χ1n) is 11.2. The fourth-order valence-corrected chi connectivity index (χ4v) is 6.32. The molecule has 0 amide bonds. The van der Waals surface area contributed by atoms with Gasteiger partial charge < -0.3 is 14.8 Å². The molecule has 44 heavy (non-hydrogen) atoms. The van der Waals surface area contributed by atoms with Crippen molar-refractivity contribution in [3.63, 3.8) is 0 Å². The Kier molecular flexibility index (Phi) is 8.31. The van der Waals surface area contributed by atoms with E-state index in [1.54, 1.807) is 0 Å². The van der Waals surface area contributed by atoms with Crippen molar-refractivity contribution in [1.29, 1.82) is 0 Å². The highest BCUT2D eigenvalue weighted by Gasteiger charge is 2.28. The molecule has 0 bridgehead atoms. The van der Waals surface area contributed by atoms with Crippen LogP contribution in [0.25, 0.3) is 10.8 Å². The topological polar surface area (TPSA) is 310 Å². The number of phenolic OH excluding ortho intramolecular Hbond substituents is 2. The maximum absolute atomic E-state index is 12.2. The van der Waals surface area contributed by atoms with Crippen molar-refractivity contribution in [2.45, 2.75) is 19.6 Å². The van der Waals surface area contributed by atoms with Gasteiger partial charge in [-0.2, -0.15) is 25.3 Å². The van der Waals surface area contributed by atoms with Crippen LogP contribution in [-0.2, 0) is 40.5 Å². The van der Waals surface area contributed by atoms with Gasteiger partial charge in [-0.15, -0.1) is 20.5 Å². The highest BCUT2D eigenvalue weighted by Crippen LogP contribution is 2.50. The summed E-state index contributed by atoms with van der Waals surface area (Å²) in [5.41, 5.74) is -3.45. The van der Waals surface area contributed by atoms with Crippen LogP contribution >= 0.6 is 0 Å². The minimum atomic E-state index is -5.57. The second kappa shape index (κ2) is 11.3. The Labute approximate surface area is 250 Å². The number of phenols is 2. The van der Waals surface area contributed by atoms with Crippen LogP contribution < -0.4 is 0 Å². The van der Waals surface area contributed by atoms with Gasteiger partial charge in [-0.1, -0.05) is 24.3 Å². The average molecular weight is 692 g/mol. The summed E-state index contributed by atoms with van der Waals surface area (Å²) in [5, 5.41) is 34.3. The summed E-state index contributed by atoms with van der Waals surface area (Å²) in [6, 6.07) is 9.65. The summed E-state index contributed by atoms with van der Waals surface area (Å²) in [7, 11) is -20.7. The van der Waals surface area contributed by atoms with Crippen molar-refractivity contribution in [3.8, 4) is 11.5 Å². The van der Waals surface area contributed by atoms with Crippen molar-refractivity contribution in [1.82, 2.24) is 0 Å². The minimum Gasteiger partial charge on any atom is -0.744 e. The van der Waals surface area contributed by atoms with Crippen molar-refractivity contribution in [2.75, 3.05) is 0 Å². The molecule has 5 N–H and O–H groups in total. The predicted molar refractivity (Wildman–Crippen MR) is 150 cm³/mol. The predicted octanol–water partition coefficient (Wildman–Crippen LogP) is 4.22. The number of fused-ring (bicyclic) bond motifs is 1. The molecule has 0 heterocycles. The maximum Gasteiger partial charge on any atom is 0.296 e. The Hall–Kier alpha value is -4.42. The van der Waals surface area contributed by atoms with E-state index in [0.29, 0.717) is 12.1 Å². The van der Waals surface area contributed by atoms with Crippen LogP contribution in [0.15, 0.2) is 101 Å². The Balaban J connectivity index is 0.00000368. The zero-order valence-corrected chi connectivity index (χ0v) is 24.4. The van der Waals surface area contributed by atoms with E-state index in [9.17, 15) is 62.1 Å². The first-order chi connectivity index (χ1) is 20.2. The largest absolute Gasteiger partial charge is 0.744 e. The lowest BCUT2D eigenvalue weighted by Gasteiger charge is -2.16. The fourth-order valence-electron chi connectivity index (χ4n) is 3.77. The monoisotopic (exact) mass is 691 g/mol. The molecule has 4 rings (SSSR count). The van der Waals surface area contributed by atoms with Crippen LogP contribution in [0.1, 0.15) is 2.85 Å². The zero-order valence-electron chi connectivity index (χ0n) is 21.1. The molecule has 0 unspecified atom stereocenters. The third kappa shape index (κ3) is 6.56. The van der Waals surface area contributed by atoms with Crippen molar-refractivity contribution >= 4 is 74.0 Å². The van der Waals surface area contributed by atoms with Crippen LogP contribution in [0.4, 0.5) is 22.7 Å². The van der Waals surface area contributed by atoms with Gasteiger partial charge in [0.05, 0.1) is 10.3 Å². The summed E-state index contributed by atoms with van der Waals surface area (Å²) in [6.45, 7) is 0. The molecule has 18 nitrogen and oxygen atoms in total. The lowest BCUT2D eigenvalue weighted by molar-refractivity contribution is 0.454. The number of hydrogen-bond donors (Lipinski definition) is 5. The summed E-state index contributed by atoms with van der Waals surface area (Å²) in [6.07, 6.45) is 0. The second-order valence-electron chi connectivity index (χ2n) is 8.46. The molecule has 22 heteroatoms. The van der Waals surface area contributed by atoms with Gasteiger partial charge in [0, 0.05) is 2.85 Å². The van der Waals surface area contributed by atoms with Gasteiger partial charge in [-0.3, -0.25) is 13.7 Å². The molecule has 0 spiro atoms. The summed E-state index contributed by atoms with van der Waals surface area (Å²) >= 11 is 0. The zero-order chi connectivity index (χ0) is 32.8. The Morgan fingerprint density at radius 3 is 1.30 bits per heavy atom. The molecule has 0 aromatic heterocycles. The average Bonchev–Trinajstić information content (AvgIpc) is 2.89. The number of aromatic hydroxyl groups is 2. The molecule has 0 radical (unpaired) electrons. The number of rotatable bonds is 8. The second-order valence-corrected chi connectivity index (χ2v) is 14.0. The third-order valence-corrected chi connectivity index (χ3v) is 9.12. The van der Waals surface area contributed by atoms with Crippen molar-refractivity contribution in [3.05, 3.63) is 60.7 Å². The lowest BCUT2D eigenvalue weighted by atomic mass is 10.1. The van der Waals surface area contributed by atoms with Gasteiger partial charge in [0.2, 0.25) is 0 Å². The lowest BCUT2D eigenvalue weighted by Crippen LogP contribution is -2.02. The highest BCUT2D eigenvalue weighted by molar-refractivity contribution is 7.86. The van der Waals surface area contributed by atoms with Crippen LogP contribution in [-0.4, -0.2) is 62.1 Å². The Morgan fingerprint density at radius 1 is 0.545 bits per heavy atom. The van der Waals surface area contributed by atoms with Crippen LogP contribution in [0.2, 0.25) is 0 Å². The SMILES string of the molecule is O=S(=O)([O-])c1cc2cc(S(=O)(=O)O)c(N=Nc3ccccc3S(=O)(=O)O)c(O)c2c(O)c1N=Nc1ccccc1S(=O)(=O)O.[HH].[HH]. The van der Waals surface area contributed by atoms with Gasteiger partial charge >= 0.3 is 0 Å². The van der Waals surface area contributed by atoms with Crippen LogP contribution in [0.5, 0.6) is 11.5 Å². The molecular weight excluding hydrogens is 673 g/mol. The summed E-state index contributed by atoms with van der Waals surface area (Å²) < 4.78 is 136. The van der Waals surface area contributed by atoms with Crippen LogP contribution in [0.3, 0.4) is 0 Å².